The number of para-hydroxylation sites is 1. The average Bonchev–Trinajstić information content (AvgIpc) is 3.20. The van der Waals surface area contributed by atoms with Gasteiger partial charge in [-0.05, 0) is 23.8 Å². The highest BCUT2D eigenvalue weighted by atomic mass is 32.2. The topological polar surface area (TPSA) is 78.0 Å². The summed E-state index contributed by atoms with van der Waals surface area (Å²) in [5.74, 6) is -1.56. The van der Waals surface area contributed by atoms with Gasteiger partial charge in [-0.25, -0.2) is 12.8 Å². The number of amides is 2. The number of anilines is 1. The predicted octanol–water partition coefficient (Wildman–Crippen LogP) is 2.32. The van der Waals surface area contributed by atoms with Crippen LogP contribution in [-0.2, 0) is 19.6 Å². The zero-order valence-electron chi connectivity index (χ0n) is 17.4. The Morgan fingerprint density at radius 3 is 2.31 bits per heavy atom. The fraction of sp³-hybridized carbons (Fsp3) is 0.304. The van der Waals surface area contributed by atoms with E-state index in [1.54, 1.807) is 23.1 Å². The molecule has 2 fully saturated rings. The number of nitrogens with zero attached hydrogens (tertiary/aromatic N) is 3. The molecule has 2 aromatic rings. The second kappa shape index (κ2) is 9.22. The van der Waals surface area contributed by atoms with Crippen molar-refractivity contribution in [1.29, 1.82) is 0 Å². The maximum Gasteiger partial charge on any atom is 0.236 e. The van der Waals surface area contributed by atoms with E-state index in [4.69, 9.17) is 0 Å². The Bertz CT molecular complexity index is 1130. The Balaban J connectivity index is 1.35. The molecule has 0 spiro atoms. The minimum absolute atomic E-state index is 0.0193. The summed E-state index contributed by atoms with van der Waals surface area (Å²) in [6.45, 7) is 0.996. The fourth-order valence-electron chi connectivity index (χ4n) is 4.01. The van der Waals surface area contributed by atoms with Gasteiger partial charge in [-0.1, -0.05) is 42.5 Å². The summed E-state index contributed by atoms with van der Waals surface area (Å²) in [5.41, 5.74) is 0.962. The van der Waals surface area contributed by atoms with Crippen LogP contribution in [0.3, 0.4) is 0 Å². The molecule has 0 aliphatic carbocycles. The van der Waals surface area contributed by atoms with Crippen molar-refractivity contribution in [3.63, 3.8) is 0 Å². The van der Waals surface area contributed by atoms with Crippen LogP contribution in [0, 0.1) is 11.7 Å². The van der Waals surface area contributed by atoms with Crippen molar-refractivity contribution in [2.45, 2.75) is 6.42 Å². The van der Waals surface area contributed by atoms with E-state index in [0.717, 1.165) is 5.56 Å². The molecule has 0 aromatic heterocycles. The molecule has 0 saturated carbocycles. The lowest BCUT2D eigenvalue weighted by atomic mass is 10.1. The highest BCUT2D eigenvalue weighted by Gasteiger charge is 2.39. The van der Waals surface area contributed by atoms with Gasteiger partial charge < -0.3 is 9.80 Å². The molecule has 1 unspecified atom stereocenters. The lowest BCUT2D eigenvalue weighted by molar-refractivity contribution is -0.136. The second-order valence-corrected chi connectivity index (χ2v) is 9.66. The standard InChI is InChI=1S/C23H24FN3O4S/c24-20-8-4-5-9-21(20)27-17-19(16-22(27)28)23(29)25-11-13-26(14-12-25)32(30,31)15-10-18-6-2-1-3-7-18/h1-10,15,19H,11-14,16-17H2/b15-10+. The van der Waals surface area contributed by atoms with Crippen LogP contribution in [0.5, 0.6) is 0 Å². The van der Waals surface area contributed by atoms with Crippen LogP contribution in [0.15, 0.2) is 60.0 Å². The molecule has 32 heavy (non-hydrogen) atoms. The number of halogens is 1. The van der Waals surface area contributed by atoms with Gasteiger partial charge in [0.25, 0.3) is 0 Å². The summed E-state index contributed by atoms with van der Waals surface area (Å²) in [6, 6.07) is 15.1. The summed E-state index contributed by atoms with van der Waals surface area (Å²) < 4.78 is 40.6. The van der Waals surface area contributed by atoms with Crippen LogP contribution >= 0.6 is 0 Å². The van der Waals surface area contributed by atoms with E-state index in [0.29, 0.717) is 0 Å². The molecule has 0 bridgehead atoms. The highest BCUT2D eigenvalue weighted by Crippen LogP contribution is 2.28. The molecule has 7 nitrogen and oxygen atoms in total. The number of piperazine rings is 1. The first-order valence-corrected chi connectivity index (χ1v) is 11.9. The van der Waals surface area contributed by atoms with Gasteiger partial charge in [0, 0.05) is 44.6 Å². The molecule has 2 aliphatic rings. The summed E-state index contributed by atoms with van der Waals surface area (Å²) >= 11 is 0. The zero-order chi connectivity index (χ0) is 22.7. The molecule has 0 N–H and O–H groups in total. The third-order valence-corrected chi connectivity index (χ3v) is 7.32. The van der Waals surface area contributed by atoms with Gasteiger partial charge in [0.2, 0.25) is 21.8 Å². The Kier molecular flexibility index (Phi) is 6.38. The maximum absolute atomic E-state index is 14.1. The van der Waals surface area contributed by atoms with Crippen LogP contribution in [-0.4, -0.2) is 62.2 Å². The Labute approximate surface area is 186 Å². The smallest absolute Gasteiger partial charge is 0.236 e. The van der Waals surface area contributed by atoms with E-state index in [9.17, 15) is 22.4 Å². The summed E-state index contributed by atoms with van der Waals surface area (Å²) in [7, 11) is -3.60. The van der Waals surface area contributed by atoms with Crippen molar-refractivity contribution < 1.29 is 22.4 Å². The summed E-state index contributed by atoms with van der Waals surface area (Å²) in [4.78, 5) is 28.2. The number of sulfonamides is 1. The minimum Gasteiger partial charge on any atom is -0.340 e. The number of hydrogen-bond acceptors (Lipinski definition) is 4. The third kappa shape index (κ3) is 4.73. The van der Waals surface area contributed by atoms with Crippen molar-refractivity contribution in [3.8, 4) is 0 Å². The van der Waals surface area contributed by atoms with Gasteiger partial charge in [-0.15, -0.1) is 0 Å². The number of benzene rings is 2. The molecule has 2 aliphatic heterocycles. The van der Waals surface area contributed by atoms with Crippen LogP contribution < -0.4 is 4.90 Å². The van der Waals surface area contributed by atoms with E-state index in [1.165, 1.54) is 26.7 Å². The molecule has 2 heterocycles. The normalized spacial score (nSPS) is 20.3. The Hall–Kier alpha value is -3.04. The molecule has 0 radical (unpaired) electrons. The van der Waals surface area contributed by atoms with Crippen LogP contribution in [0.25, 0.3) is 6.08 Å². The van der Waals surface area contributed by atoms with Gasteiger partial charge in [-0.3, -0.25) is 9.59 Å². The molecule has 2 amide bonds. The highest BCUT2D eigenvalue weighted by molar-refractivity contribution is 7.92. The van der Waals surface area contributed by atoms with Crippen LogP contribution in [0.4, 0.5) is 10.1 Å². The fourth-order valence-corrected chi connectivity index (χ4v) is 5.19. The first-order chi connectivity index (χ1) is 15.3. The molecular weight excluding hydrogens is 433 g/mol. The molecular formula is C23H24FN3O4S. The molecule has 9 heteroatoms. The van der Waals surface area contributed by atoms with Crippen molar-refractivity contribution in [3.05, 3.63) is 71.4 Å². The third-order valence-electron chi connectivity index (χ3n) is 5.76. The van der Waals surface area contributed by atoms with E-state index in [1.807, 2.05) is 30.3 Å². The van der Waals surface area contributed by atoms with Gasteiger partial charge in [0.15, 0.2) is 0 Å². The van der Waals surface area contributed by atoms with Gasteiger partial charge in [0.1, 0.15) is 5.82 Å². The average molecular weight is 458 g/mol. The summed E-state index contributed by atoms with van der Waals surface area (Å²) in [5, 5.41) is 1.18. The van der Waals surface area contributed by atoms with E-state index in [-0.39, 0.29) is 56.6 Å². The molecule has 168 valence electrons. The van der Waals surface area contributed by atoms with Crippen LogP contribution in [0.2, 0.25) is 0 Å². The number of carbonyl (C=O) groups is 2. The van der Waals surface area contributed by atoms with E-state index >= 15 is 0 Å². The monoisotopic (exact) mass is 457 g/mol. The predicted molar refractivity (Wildman–Crippen MR) is 119 cm³/mol. The largest absolute Gasteiger partial charge is 0.340 e. The number of carbonyl (C=O) groups excluding carboxylic acids is 2. The van der Waals surface area contributed by atoms with Gasteiger partial charge >= 0.3 is 0 Å². The second-order valence-electron chi connectivity index (χ2n) is 7.84. The van der Waals surface area contributed by atoms with Crippen molar-refractivity contribution >= 4 is 33.6 Å². The van der Waals surface area contributed by atoms with Crippen molar-refractivity contribution in [1.82, 2.24) is 9.21 Å². The summed E-state index contributed by atoms with van der Waals surface area (Å²) in [6.07, 6.45) is 1.57. The maximum atomic E-state index is 14.1. The van der Waals surface area contributed by atoms with Crippen molar-refractivity contribution in [2.75, 3.05) is 37.6 Å². The molecule has 2 saturated heterocycles. The first kappa shape index (κ1) is 22.2. The van der Waals surface area contributed by atoms with E-state index in [2.05, 4.69) is 0 Å². The Morgan fingerprint density at radius 1 is 0.969 bits per heavy atom. The zero-order valence-corrected chi connectivity index (χ0v) is 18.2. The van der Waals surface area contributed by atoms with Gasteiger partial charge in [0.05, 0.1) is 11.6 Å². The quantitative estimate of drug-likeness (QED) is 0.691. The minimum atomic E-state index is -3.60. The first-order valence-electron chi connectivity index (χ1n) is 10.4. The molecule has 2 aromatic carbocycles. The SMILES string of the molecule is O=C(C1CC(=O)N(c2ccccc2F)C1)N1CCN(S(=O)(=O)/C=C/c2ccccc2)CC1. The molecule has 1 atom stereocenters. The van der Waals surface area contributed by atoms with Gasteiger partial charge in [-0.2, -0.15) is 4.31 Å². The number of hydrogen-bond donors (Lipinski definition) is 0. The number of rotatable bonds is 5. The molecule has 4 rings (SSSR count). The van der Waals surface area contributed by atoms with Crippen molar-refractivity contribution in [2.24, 2.45) is 5.92 Å². The van der Waals surface area contributed by atoms with Crippen LogP contribution in [0.1, 0.15) is 12.0 Å². The lowest BCUT2D eigenvalue weighted by Gasteiger charge is -2.34. The van der Waals surface area contributed by atoms with E-state index < -0.39 is 21.8 Å². The Morgan fingerprint density at radius 2 is 1.62 bits per heavy atom. The lowest BCUT2D eigenvalue weighted by Crippen LogP contribution is -2.51.